The van der Waals surface area contributed by atoms with Crippen molar-refractivity contribution >= 4 is 29.3 Å². The molecule has 0 unspecified atom stereocenters. The number of nitrogens with two attached hydrogens (primary N) is 1. The average Bonchev–Trinajstić information content (AvgIpc) is 2.32. The number of hydrogen-bond donors (Lipinski definition) is 3. The summed E-state index contributed by atoms with van der Waals surface area (Å²) >= 11 is 5.76. The number of nitrogen functional groups attached to an aromatic ring is 1. The predicted molar refractivity (Wildman–Crippen MR) is 82.4 cm³/mol. The van der Waals surface area contributed by atoms with Gasteiger partial charge in [0.1, 0.15) is 5.60 Å². The van der Waals surface area contributed by atoms with Crippen molar-refractivity contribution < 1.29 is 14.3 Å². The highest BCUT2D eigenvalue weighted by atomic mass is 35.5. The molecule has 0 heterocycles. The Hall–Kier alpha value is -1.95. The monoisotopic (exact) mass is 313 g/mol. The first-order chi connectivity index (χ1) is 9.69. The molecule has 6 nitrogen and oxygen atoms in total. The van der Waals surface area contributed by atoms with E-state index in [4.69, 9.17) is 22.1 Å². The molecule has 0 radical (unpaired) electrons. The van der Waals surface area contributed by atoms with E-state index in [1.54, 1.807) is 32.9 Å². The summed E-state index contributed by atoms with van der Waals surface area (Å²) in [7, 11) is 0. The second kappa shape index (κ2) is 7.17. The summed E-state index contributed by atoms with van der Waals surface area (Å²) in [4.78, 5) is 23.3. The fraction of sp³-hybridized carbons (Fsp3) is 0.429. The van der Waals surface area contributed by atoms with Crippen LogP contribution in [0.15, 0.2) is 18.2 Å². The quantitative estimate of drug-likeness (QED) is 0.586. The van der Waals surface area contributed by atoms with Crippen molar-refractivity contribution in [1.29, 1.82) is 0 Å². The lowest BCUT2D eigenvalue weighted by Crippen LogP contribution is -2.38. The van der Waals surface area contributed by atoms with Crippen molar-refractivity contribution in [2.24, 2.45) is 0 Å². The molecule has 0 spiro atoms. The third-order valence-electron chi connectivity index (χ3n) is 2.34. The van der Waals surface area contributed by atoms with E-state index in [9.17, 15) is 9.59 Å². The van der Waals surface area contributed by atoms with Gasteiger partial charge in [0.15, 0.2) is 0 Å². The van der Waals surface area contributed by atoms with Gasteiger partial charge in [-0.2, -0.15) is 0 Å². The van der Waals surface area contributed by atoms with Crippen LogP contribution in [0.2, 0.25) is 5.02 Å². The molecule has 21 heavy (non-hydrogen) atoms. The Morgan fingerprint density at radius 1 is 1.24 bits per heavy atom. The minimum Gasteiger partial charge on any atom is -0.444 e. The molecule has 2 amide bonds. The molecule has 0 saturated heterocycles. The van der Waals surface area contributed by atoms with E-state index in [0.29, 0.717) is 16.3 Å². The molecule has 4 N–H and O–H groups in total. The lowest BCUT2D eigenvalue weighted by molar-refractivity contribution is 0.0526. The van der Waals surface area contributed by atoms with Crippen LogP contribution in [0.4, 0.5) is 10.5 Å². The van der Waals surface area contributed by atoms with Gasteiger partial charge in [-0.25, -0.2) is 4.79 Å². The number of carbonyl (C=O) groups is 2. The number of anilines is 1. The van der Waals surface area contributed by atoms with Gasteiger partial charge in [0.25, 0.3) is 5.91 Å². The van der Waals surface area contributed by atoms with Crippen LogP contribution < -0.4 is 16.4 Å². The van der Waals surface area contributed by atoms with Gasteiger partial charge in [-0.3, -0.25) is 4.79 Å². The molecule has 1 rings (SSSR count). The normalized spacial score (nSPS) is 10.9. The molecule has 1 aromatic rings. The first kappa shape index (κ1) is 17.1. The maximum Gasteiger partial charge on any atom is 0.407 e. The van der Waals surface area contributed by atoms with E-state index in [1.807, 2.05) is 0 Å². The van der Waals surface area contributed by atoms with Gasteiger partial charge < -0.3 is 21.1 Å². The van der Waals surface area contributed by atoms with E-state index in [2.05, 4.69) is 10.6 Å². The Bertz CT molecular complexity index is 527. The third-order valence-corrected chi connectivity index (χ3v) is 2.57. The van der Waals surface area contributed by atoms with Gasteiger partial charge >= 0.3 is 6.09 Å². The van der Waals surface area contributed by atoms with Crippen LogP contribution >= 0.6 is 11.6 Å². The zero-order valence-electron chi connectivity index (χ0n) is 12.3. The van der Waals surface area contributed by atoms with Gasteiger partial charge in [0.2, 0.25) is 0 Å². The lowest BCUT2D eigenvalue weighted by Gasteiger charge is -2.19. The molecule has 7 heteroatoms. The highest BCUT2D eigenvalue weighted by molar-refractivity contribution is 6.31. The SMILES string of the molecule is CC(C)(C)OC(=O)NCCNC(=O)c1ccc(Cl)cc1N. The molecule has 0 bridgehead atoms. The number of benzene rings is 1. The smallest absolute Gasteiger partial charge is 0.407 e. The standard InChI is InChI=1S/C14H20ClN3O3/c1-14(2,3)21-13(20)18-7-6-17-12(19)10-5-4-9(15)8-11(10)16/h4-5,8H,6-7,16H2,1-3H3,(H,17,19)(H,18,20). The maximum atomic E-state index is 11.9. The number of amides is 2. The molecular weight excluding hydrogens is 294 g/mol. The fourth-order valence-electron chi connectivity index (χ4n) is 1.49. The number of alkyl carbamates (subject to hydrolysis) is 1. The topological polar surface area (TPSA) is 93.5 Å². The summed E-state index contributed by atoms with van der Waals surface area (Å²) in [6, 6.07) is 4.65. The summed E-state index contributed by atoms with van der Waals surface area (Å²) < 4.78 is 5.06. The van der Waals surface area contributed by atoms with E-state index < -0.39 is 11.7 Å². The van der Waals surface area contributed by atoms with E-state index >= 15 is 0 Å². The van der Waals surface area contributed by atoms with Crippen LogP contribution in [0.5, 0.6) is 0 Å². The molecule has 0 atom stereocenters. The first-order valence-corrected chi connectivity index (χ1v) is 6.87. The molecule has 0 saturated carbocycles. The highest BCUT2D eigenvalue weighted by Gasteiger charge is 2.15. The molecular formula is C14H20ClN3O3. The van der Waals surface area contributed by atoms with E-state index in [0.717, 1.165) is 0 Å². The maximum absolute atomic E-state index is 11.9. The molecule has 0 fully saturated rings. The number of hydrogen-bond acceptors (Lipinski definition) is 4. The van der Waals surface area contributed by atoms with E-state index in [1.165, 1.54) is 6.07 Å². The van der Waals surface area contributed by atoms with Gasteiger partial charge in [-0.1, -0.05) is 11.6 Å². The van der Waals surface area contributed by atoms with Gasteiger partial charge in [0, 0.05) is 23.8 Å². The predicted octanol–water partition coefficient (Wildman–Crippen LogP) is 2.18. The summed E-state index contributed by atoms with van der Waals surface area (Å²) in [5.41, 5.74) is 5.81. The van der Waals surface area contributed by atoms with Gasteiger partial charge in [0.05, 0.1) is 5.56 Å². The summed E-state index contributed by atoms with van der Waals surface area (Å²) in [5, 5.41) is 5.65. The van der Waals surface area contributed by atoms with Crippen molar-refractivity contribution in [3.63, 3.8) is 0 Å². The molecule has 0 aromatic heterocycles. The van der Waals surface area contributed by atoms with Crippen LogP contribution in [0.25, 0.3) is 0 Å². The van der Waals surface area contributed by atoms with Crippen molar-refractivity contribution in [2.75, 3.05) is 18.8 Å². The van der Waals surface area contributed by atoms with Crippen molar-refractivity contribution in [1.82, 2.24) is 10.6 Å². The molecule has 0 aliphatic carbocycles. The number of carbonyl (C=O) groups excluding carboxylic acids is 2. The molecule has 0 aliphatic heterocycles. The van der Waals surface area contributed by atoms with Crippen LogP contribution in [0.1, 0.15) is 31.1 Å². The fourth-order valence-corrected chi connectivity index (χ4v) is 1.67. The van der Waals surface area contributed by atoms with Crippen molar-refractivity contribution in [3.05, 3.63) is 28.8 Å². The second-order valence-corrected chi connectivity index (χ2v) is 5.85. The number of nitrogens with one attached hydrogen (secondary N) is 2. The molecule has 1 aromatic carbocycles. The van der Waals surface area contributed by atoms with E-state index in [-0.39, 0.29) is 19.0 Å². The number of halogens is 1. The van der Waals surface area contributed by atoms with Crippen LogP contribution in [-0.2, 0) is 4.74 Å². The second-order valence-electron chi connectivity index (χ2n) is 5.42. The Kier molecular flexibility index (Phi) is 5.84. The third kappa shape index (κ3) is 6.35. The van der Waals surface area contributed by atoms with Crippen LogP contribution in [0.3, 0.4) is 0 Å². The Morgan fingerprint density at radius 3 is 2.43 bits per heavy atom. The molecule has 116 valence electrons. The van der Waals surface area contributed by atoms with Crippen LogP contribution in [0, 0.1) is 0 Å². The largest absolute Gasteiger partial charge is 0.444 e. The van der Waals surface area contributed by atoms with Crippen molar-refractivity contribution in [3.8, 4) is 0 Å². The average molecular weight is 314 g/mol. The van der Waals surface area contributed by atoms with Crippen molar-refractivity contribution in [2.45, 2.75) is 26.4 Å². The van der Waals surface area contributed by atoms with Gasteiger partial charge in [-0.05, 0) is 39.0 Å². The highest BCUT2D eigenvalue weighted by Crippen LogP contribution is 2.17. The zero-order chi connectivity index (χ0) is 16.0. The summed E-state index contributed by atoms with van der Waals surface area (Å²) in [6.07, 6.45) is -0.525. The Balaban J connectivity index is 2.36. The molecule has 0 aliphatic rings. The summed E-state index contributed by atoms with van der Waals surface area (Å²) in [5.74, 6) is -0.324. The minimum atomic E-state index is -0.551. The number of ether oxygens (including phenoxy) is 1. The first-order valence-electron chi connectivity index (χ1n) is 6.49. The Morgan fingerprint density at radius 2 is 1.86 bits per heavy atom. The zero-order valence-corrected chi connectivity index (χ0v) is 13.1. The van der Waals surface area contributed by atoms with Gasteiger partial charge in [-0.15, -0.1) is 0 Å². The number of rotatable bonds is 4. The summed E-state index contributed by atoms with van der Waals surface area (Å²) in [6.45, 7) is 5.85. The van der Waals surface area contributed by atoms with Crippen LogP contribution in [-0.4, -0.2) is 30.7 Å². The Labute approximate surface area is 129 Å². The minimum absolute atomic E-state index is 0.258. The lowest BCUT2D eigenvalue weighted by atomic mass is 10.1.